The summed E-state index contributed by atoms with van der Waals surface area (Å²) < 4.78 is 6.71. The van der Waals surface area contributed by atoms with E-state index >= 15 is 0 Å². The van der Waals surface area contributed by atoms with Gasteiger partial charge in [-0.25, -0.2) is 0 Å². The van der Waals surface area contributed by atoms with Crippen LogP contribution in [-0.4, -0.2) is 0 Å². The molecule has 0 radical (unpaired) electrons. The standard InChI is InChI=1S/C55H37NO/c1-4-15-38(16-5-1)39-27-31-45(32-28-39)56(44-20-8-3-9-21-44)46-22-14-17-40(35-46)41-29-34-53-50(36-41)49-33-30-43(37-54(49)57-53)55(42-18-6-2-7-19-42)51-25-12-10-23-47(51)48-24-11-13-26-52(48)55/h1-37H. The summed E-state index contributed by atoms with van der Waals surface area (Å²) in [6.07, 6.45) is 0. The molecule has 0 unspecified atom stereocenters. The Morgan fingerprint density at radius 1 is 0.316 bits per heavy atom. The predicted molar refractivity (Wildman–Crippen MR) is 237 cm³/mol. The number of benzene rings is 9. The average Bonchev–Trinajstić information content (AvgIpc) is 3.81. The molecule has 1 aliphatic carbocycles. The quantitative estimate of drug-likeness (QED) is 0.163. The van der Waals surface area contributed by atoms with Gasteiger partial charge in [0.05, 0.1) is 5.41 Å². The van der Waals surface area contributed by atoms with Crippen LogP contribution in [0.25, 0.3) is 55.3 Å². The number of hydrogen-bond acceptors (Lipinski definition) is 2. The fraction of sp³-hybridized carbons (Fsp3) is 0.0182. The van der Waals surface area contributed by atoms with E-state index in [0.717, 1.165) is 50.1 Å². The summed E-state index contributed by atoms with van der Waals surface area (Å²) in [5, 5.41) is 2.22. The predicted octanol–water partition coefficient (Wildman–Crippen LogP) is 14.8. The molecule has 0 atom stereocenters. The van der Waals surface area contributed by atoms with Gasteiger partial charge in [0.25, 0.3) is 0 Å². The van der Waals surface area contributed by atoms with Crippen LogP contribution in [0.4, 0.5) is 17.1 Å². The molecule has 0 saturated heterocycles. The van der Waals surface area contributed by atoms with Crippen LogP contribution in [0.5, 0.6) is 0 Å². The molecule has 2 nitrogen and oxygen atoms in total. The van der Waals surface area contributed by atoms with Crippen LogP contribution in [0.2, 0.25) is 0 Å². The minimum absolute atomic E-state index is 0.473. The summed E-state index contributed by atoms with van der Waals surface area (Å²) in [5.74, 6) is 0. The molecule has 0 N–H and O–H groups in total. The van der Waals surface area contributed by atoms with Crippen molar-refractivity contribution in [3.8, 4) is 33.4 Å². The summed E-state index contributed by atoms with van der Waals surface area (Å²) in [6, 6.07) is 80.9. The molecule has 9 aromatic carbocycles. The molecule has 0 amide bonds. The lowest BCUT2D eigenvalue weighted by Gasteiger charge is -2.33. The Morgan fingerprint density at radius 3 is 1.58 bits per heavy atom. The summed E-state index contributed by atoms with van der Waals surface area (Å²) >= 11 is 0. The molecule has 0 aliphatic heterocycles. The average molecular weight is 728 g/mol. The van der Waals surface area contributed by atoms with Gasteiger partial charge in [-0.3, -0.25) is 0 Å². The van der Waals surface area contributed by atoms with Gasteiger partial charge in [-0.2, -0.15) is 0 Å². The maximum absolute atomic E-state index is 6.71. The van der Waals surface area contributed by atoms with Crippen molar-refractivity contribution < 1.29 is 4.42 Å². The molecule has 1 aromatic heterocycles. The van der Waals surface area contributed by atoms with E-state index in [2.05, 4.69) is 229 Å². The van der Waals surface area contributed by atoms with Crippen molar-refractivity contribution in [3.05, 3.63) is 247 Å². The lowest BCUT2D eigenvalue weighted by molar-refractivity contribution is 0.665. The van der Waals surface area contributed by atoms with Crippen LogP contribution >= 0.6 is 0 Å². The highest BCUT2D eigenvalue weighted by Crippen LogP contribution is 2.56. The van der Waals surface area contributed by atoms with Gasteiger partial charge < -0.3 is 9.32 Å². The fourth-order valence-electron chi connectivity index (χ4n) is 9.18. The Bertz CT molecular complexity index is 3010. The van der Waals surface area contributed by atoms with E-state index in [-0.39, 0.29) is 0 Å². The van der Waals surface area contributed by atoms with E-state index in [4.69, 9.17) is 4.42 Å². The first kappa shape index (κ1) is 33.0. The van der Waals surface area contributed by atoms with Crippen LogP contribution in [0.15, 0.2) is 229 Å². The van der Waals surface area contributed by atoms with Crippen molar-refractivity contribution in [1.29, 1.82) is 0 Å². The first-order valence-electron chi connectivity index (χ1n) is 19.6. The number of fused-ring (bicyclic) bond motifs is 6. The smallest absolute Gasteiger partial charge is 0.135 e. The molecule has 0 spiro atoms. The third-order valence-corrected chi connectivity index (χ3v) is 11.7. The zero-order chi connectivity index (χ0) is 37.8. The number of nitrogens with zero attached hydrogens (tertiary/aromatic N) is 1. The van der Waals surface area contributed by atoms with Gasteiger partial charge in [-0.05, 0) is 110 Å². The Morgan fingerprint density at radius 2 is 0.860 bits per heavy atom. The van der Waals surface area contributed by atoms with Gasteiger partial charge in [-0.15, -0.1) is 0 Å². The maximum atomic E-state index is 6.71. The third kappa shape index (κ3) is 5.33. The van der Waals surface area contributed by atoms with Crippen molar-refractivity contribution in [2.75, 3.05) is 4.90 Å². The summed E-state index contributed by atoms with van der Waals surface area (Å²) in [4.78, 5) is 2.33. The molecule has 0 bridgehead atoms. The zero-order valence-corrected chi connectivity index (χ0v) is 31.2. The van der Waals surface area contributed by atoms with Crippen LogP contribution < -0.4 is 4.90 Å². The lowest BCUT2D eigenvalue weighted by Crippen LogP contribution is -2.28. The summed E-state index contributed by atoms with van der Waals surface area (Å²) in [7, 11) is 0. The second-order valence-electron chi connectivity index (χ2n) is 14.9. The Hall–Kier alpha value is -7.42. The molecule has 10 aromatic rings. The van der Waals surface area contributed by atoms with Crippen LogP contribution in [0, 0.1) is 0 Å². The van der Waals surface area contributed by atoms with E-state index in [0.29, 0.717) is 0 Å². The van der Waals surface area contributed by atoms with E-state index in [1.165, 1.54) is 44.5 Å². The molecule has 1 aliphatic rings. The van der Waals surface area contributed by atoms with Crippen LogP contribution in [0.3, 0.4) is 0 Å². The first-order chi connectivity index (χ1) is 28.3. The van der Waals surface area contributed by atoms with E-state index in [1.807, 2.05) is 0 Å². The first-order valence-corrected chi connectivity index (χ1v) is 19.6. The van der Waals surface area contributed by atoms with Crippen molar-refractivity contribution in [2.24, 2.45) is 0 Å². The van der Waals surface area contributed by atoms with Gasteiger partial charge >= 0.3 is 0 Å². The Labute approximate surface area is 332 Å². The van der Waals surface area contributed by atoms with Gasteiger partial charge in [0.1, 0.15) is 11.2 Å². The lowest BCUT2D eigenvalue weighted by atomic mass is 9.67. The van der Waals surface area contributed by atoms with E-state index < -0.39 is 5.41 Å². The number of furan rings is 1. The topological polar surface area (TPSA) is 16.4 Å². The number of rotatable bonds is 7. The van der Waals surface area contributed by atoms with Gasteiger partial charge in [0.2, 0.25) is 0 Å². The molecular weight excluding hydrogens is 691 g/mol. The molecule has 57 heavy (non-hydrogen) atoms. The monoisotopic (exact) mass is 727 g/mol. The van der Waals surface area contributed by atoms with Crippen LogP contribution in [0.1, 0.15) is 22.3 Å². The number of hydrogen-bond donors (Lipinski definition) is 0. The van der Waals surface area contributed by atoms with Gasteiger partial charge in [-0.1, -0.05) is 170 Å². The molecule has 268 valence electrons. The minimum atomic E-state index is -0.473. The van der Waals surface area contributed by atoms with Crippen molar-refractivity contribution in [3.63, 3.8) is 0 Å². The Balaban J connectivity index is 1.01. The molecular formula is C55H37NO. The maximum Gasteiger partial charge on any atom is 0.135 e. The minimum Gasteiger partial charge on any atom is -0.456 e. The normalized spacial score (nSPS) is 12.7. The summed E-state index contributed by atoms with van der Waals surface area (Å²) in [5.41, 5.74) is 16.9. The highest BCUT2D eigenvalue weighted by Gasteiger charge is 2.46. The highest BCUT2D eigenvalue weighted by atomic mass is 16.3. The highest BCUT2D eigenvalue weighted by molar-refractivity contribution is 6.07. The molecule has 0 saturated carbocycles. The fourth-order valence-corrected chi connectivity index (χ4v) is 9.18. The van der Waals surface area contributed by atoms with Gasteiger partial charge in [0.15, 0.2) is 0 Å². The second kappa shape index (κ2) is 13.4. The summed E-state index contributed by atoms with van der Waals surface area (Å²) in [6.45, 7) is 0. The number of anilines is 3. The van der Waals surface area contributed by atoms with Crippen LogP contribution in [-0.2, 0) is 5.41 Å². The van der Waals surface area contributed by atoms with Crippen molar-refractivity contribution >= 4 is 39.0 Å². The van der Waals surface area contributed by atoms with E-state index in [9.17, 15) is 0 Å². The Kier molecular flexibility index (Phi) is 7.75. The largest absolute Gasteiger partial charge is 0.456 e. The van der Waals surface area contributed by atoms with Crippen molar-refractivity contribution in [2.45, 2.75) is 5.41 Å². The molecule has 2 heteroatoms. The second-order valence-corrected chi connectivity index (χ2v) is 14.9. The number of para-hydroxylation sites is 1. The third-order valence-electron chi connectivity index (χ3n) is 11.7. The zero-order valence-electron chi connectivity index (χ0n) is 31.2. The molecule has 1 heterocycles. The van der Waals surface area contributed by atoms with Gasteiger partial charge in [0, 0.05) is 27.8 Å². The SMILES string of the molecule is c1ccc(-c2ccc(N(c3ccccc3)c3cccc(-c4ccc5oc6cc(C7(c8ccccc8)c8ccccc8-c8ccccc87)ccc6c5c4)c3)cc2)cc1. The molecule has 11 rings (SSSR count). The van der Waals surface area contributed by atoms with E-state index in [1.54, 1.807) is 0 Å². The molecule has 0 fully saturated rings. The van der Waals surface area contributed by atoms with Crippen molar-refractivity contribution in [1.82, 2.24) is 0 Å².